The van der Waals surface area contributed by atoms with Gasteiger partial charge in [0.2, 0.25) is 5.91 Å². The molecule has 3 rings (SSSR count). The van der Waals surface area contributed by atoms with Crippen LogP contribution in [0.3, 0.4) is 0 Å². The van der Waals surface area contributed by atoms with Crippen LogP contribution in [0.4, 0.5) is 5.69 Å². The Morgan fingerprint density at radius 2 is 1.93 bits per heavy atom. The van der Waals surface area contributed by atoms with E-state index in [0.717, 1.165) is 16.4 Å². The van der Waals surface area contributed by atoms with Crippen molar-refractivity contribution in [3.8, 4) is 5.75 Å². The van der Waals surface area contributed by atoms with Crippen LogP contribution in [-0.4, -0.2) is 37.1 Å². The summed E-state index contributed by atoms with van der Waals surface area (Å²) < 4.78 is 15.9. The molecule has 1 aromatic heterocycles. The summed E-state index contributed by atoms with van der Waals surface area (Å²) in [5.74, 6) is 0.626. The number of methoxy groups -OCH3 is 2. The number of fused-ring (bicyclic) bond motifs is 3. The number of thioether (sulfide) groups is 1. The van der Waals surface area contributed by atoms with Gasteiger partial charge in [-0.2, -0.15) is 0 Å². The van der Waals surface area contributed by atoms with Crippen LogP contribution in [-0.2, 0) is 14.3 Å². The molecule has 0 aliphatic carbocycles. The van der Waals surface area contributed by atoms with Crippen molar-refractivity contribution in [2.45, 2.75) is 18.6 Å². The smallest absolute Gasteiger partial charge is 0.306 e. The van der Waals surface area contributed by atoms with Crippen LogP contribution in [0.5, 0.6) is 5.75 Å². The summed E-state index contributed by atoms with van der Waals surface area (Å²) in [5.41, 5.74) is 2.01. The van der Waals surface area contributed by atoms with Gasteiger partial charge in [0.25, 0.3) is 0 Å². The van der Waals surface area contributed by atoms with Crippen molar-refractivity contribution in [2.24, 2.45) is 0 Å². The fourth-order valence-corrected chi connectivity index (χ4v) is 3.60. The SMILES string of the molecule is COC(=O)CCS[C@H](C)C(=O)Nc1cc2oc3ccccc3c2cc1OC. The van der Waals surface area contributed by atoms with Gasteiger partial charge in [-0.05, 0) is 19.1 Å². The Bertz CT molecular complexity index is 981. The molecule has 1 atom stereocenters. The second-order valence-corrected chi connectivity index (χ2v) is 7.42. The molecule has 142 valence electrons. The molecule has 1 amide bonds. The molecule has 3 aromatic rings. The van der Waals surface area contributed by atoms with Crippen molar-refractivity contribution in [3.05, 3.63) is 36.4 Å². The molecule has 2 aromatic carbocycles. The van der Waals surface area contributed by atoms with Crippen molar-refractivity contribution in [1.82, 2.24) is 0 Å². The lowest BCUT2D eigenvalue weighted by molar-refractivity contribution is -0.140. The van der Waals surface area contributed by atoms with Crippen LogP contribution in [0.25, 0.3) is 21.9 Å². The molecular formula is C20H21NO5S. The molecule has 0 bridgehead atoms. The van der Waals surface area contributed by atoms with E-state index in [2.05, 4.69) is 10.1 Å². The van der Waals surface area contributed by atoms with Gasteiger partial charge >= 0.3 is 5.97 Å². The lowest BCUT2D eigenvalue weighted by Gasteiger charge is -2.14. The quantitative estimate of drug-likeness (QED) is 0.612. The number of furan rings is 1. The second-order valence-electron chi connectivity index (χ2n) is 5.98. The first-order valence-corrected chi connectivity index (χ1v) is 9.57. The summed E-state index contributed by atoms with van der Waals surface area (Å²) in [6, 6.07) is 11.4. The number of ether oxygens (including phenoxy) is 2. The normalized spacial score (nSPS) is 12.1. The molecular weight excluding hydrogens is 366 g/mol. The Hall–Kier alpha value is -2.67. The Labute approximate surface area is 161 Å². The first-order valence-electron chi connectivity index (χ1n) is 8.52. The van der Waals surface area contributed by atoms with Gasteiger partial charge in [-0.15, -0.1) is 11.8 Å². The number of amides is 1. The van der Waals surface area contributed by atoms with Gasteiger partial charge in [-0.25, -0.2) is 0 Å². The van der Waals surface area contributed by atoms with Crippen molar-refractivity contribution in [2.75, 3.05) is 25.3 Å². The van der Waals surface area contributed by atoms with Gasteiger partial charge in [-0.1, -0.05) is 18.2 Å². The molecule has 0 unspecified atom stereocenters. The van der Waals surface area contributed by atoms with Crippen LogP contribution in [0.2, 0.25) is 0 Å². The second kappa shape index (κ2) is 8.35. The summed E-state index contributed by atoms with van der Waals surface area (Å²) in [5, 5.41) is 4.49. The summed E-state index contributed by atoms with van der Waals surface area (Å²) in [6.07, 6.45) is 0.271. The third-order valence-corrected chi connectivity index (χ3v) is 5.38. The van der Waals surface area contributed by atoms with Crippen molar-refractivity contribution in [1.29, 1.82) is 0 Å². The minimum absolute atomic E-state index is 0.168. The molecule has 0 saturated carbocycles. The lowest BCUT2D eigenvalue weighted by atomic mass is 10.1. The number of rotatable bonds is 7. The fraction of sp³-hybridized carbons (Fsp3) is 0.300. The minimum atomic E-state index is -0.328. The molecule has 0 saturated heterocycles. The van der Waals surface area contributed by atoms with Gasteiger partial charge in [0, 0.05) is 22.6 Å². The van der Waals surface area contributed by atoms with E-state index in [1.807, 2.05) is 30.3 Å². The summed E-state index contributed by atoms with van der Waals surface area (Å²) in [4.78, 5) is 23.7. The first-order chi connectivity index (χ1) is 13.0. The summed E-state index contributed by atoms with van der Waals surface area (Å²) >= 11 is 1.39. The van der Waals surface area contributed by atoms with Crippen LogP contribution in [0.1, 0.15) is 13.3 Å². The standard InChI is InChI=1S/C20H21NO5S/c1-12(27-9-8-19(22)25-3)20(23)21-15-11-17-14(10-18(15)24-2)13-6-4-5-7-16(13)26-17/h4-7,10-12H,8-9H2,1-3H3,(H,21,23)/t12-/m1/s1. The average molecular weight is 387 g/mol. The topological polar surface area (TPSA) is 77.8 Å². The largest absolute Gasteiger partial charge is 0.495 e. The van der Waals surface area contributed by atoms with E-state index in [-0.39, 0.29) is 23.5 Å². The molecule has 0 radical (unpaired) electrons. The highest BCUT2D eigenvalue weighted by Gasteiger charge is 2.18. The van der Waals surface area contributed by atoms with E-state index >= 15 is 0 Å². The van der Waals surface area contributed by atoms with E-state index < -0.39 is 0 Å². The summed E-state index contributed by atoms with van der Waals surface area (Å²) in [6.45, 7) is 1.80. The predicted octanol–water partition coefficient (Wildman–Crippen LogP) is 4.22. The Kier molecular flexibility index (Phi) is 5.91. The van der Waals surface area contributed by atoms with Gasteiger partial charge in [0.1, 0.15) is 16.9 Å². The number of benzene rings is 2. The van der Waals surface area contributed by atoms with Gasteiger partial charge in [0.15, 0.2) is 0 Å². The van der Waals surface area contributed by atoms with Gasteiger partial charge in [-0.3, -0.25) is 9.59 Å². The highest BCUT2D eigenvalue weighted by atomic mass is 32.2. The Morgan fingerprint density at radius 1 is 1.15 bits per heavy atom. The van der Waals surface area contributed by atoms with Crippen LogP contribution in [0.15, 0.2) is 40.8 Å². The molecule has 1 N–H and O–H groups in total. The van der Waals surface area contributed by atoms with E-state index in [9.17, 15) is 9.59 Å². The molecule has 6 nitrogen and oxygen atoms in total. The maximum absolute atomic E-state index is 12.5. The Balaban J connectivity index is 1.78. The van der Waals surface area contributed by atoms with Gasteiger partial charge in [0.05, 0.1) is 31.6 Å². The Morgan fingerprint density at radius 3 is 2.67 bits per heavy atom. The first kappa shape index (κ1) is 19.1. The van der Waals surface area contributed by atoms with E-state index in [1.165, 1.54) is 18.9 Å². The van der Waals surface area contributed by atoms with Crippen molar-refractivity contribution in [3.63, 3.8) is 0 Å². The van der Waals surface area contributed by atoms with E-state index in [0.29, 0.717) is 22.8 Å². The molecule has 0 aliphatic heterocycles. The number of hydrogen-bond donors (Lipinski definition) is 1. The lowest BCUT2D eigenvalue weighted by Crippen LogP contribution is -2.23. The zero-order valence-electron chi connectivity index (χ0n) is 15.4. The van der Waals surface area contributed by atoms with Gasteiger partial charge < -0.3 is 19.2 Å². The third kappa shape index (κ3) is 4.19. The highest BCUT2D eigenvalue weighted by Crippen LogP contribution is 2.36. The summed E-state index contributed by atoms with van der Waals surface area (Å²) in [7, 11) is 2.91. The van der Waals surface area contributed by atoms with Crippen LogP contribution < -0.4 is 10.1 Å². The van der Waals surface area contributed by atoms with Crippen LogP contribution >= 0.6 is 11.8 Å². The number of carbonyl (C=O) groups is 2. The number of anilines is 1. The van der Waals surface area contributed by atoms with E-state index in [1.54, 1.807) is 20.1 Å². The molecule has 27 heavy (non-hydrogen) atoms. The molecule has 0 aliphatic rings. The maximum Gasteiger partial charge on any atom is 0.306 e. The monoisotopic (exact) mass is 387 g/mol. The van der Waals surface area contributed by atoms with Crippen molar-refractivity contribution >= 4 is 51.3 Å². The molecule has 1 heterocycles. The molecule has 0 fully saturated rings. The van der Waals surface area contributed by atoms with Crippen molar-refractivity contribution < 1.29 is 23.5 Å². The minimum Gasteiger partial charge on any atom is -0.495 e. The van der Waals surface area contributed by atoms with Crippen LogP contribution in [0, 0.1) is 0 Å². The number of esters is 1. The zero-order chi connectivity index (χ0) is 19.4. The number of carbonyl (C=O) groups excluding carboxylic acids is 2. The fourth-order valence-electron chi connectivity index (χ4n) is 2.75. The third-order valence-electron chi connectivity index (χ3n) is 4.23. The predicted molar refractivity (Wildman–Crippen MR) is 107 cm³/mol. The average Bonchev–Trinajstić information content (AvgIpc) is 3.04. The number of para-hydroxylation sites is 1. The zero-order valence-corrected chi connectivity index (χ0v) is 16.2. The number of nitrogens with one attached hydrogen (secondary N) is 1. The van der Waals surface area contributed by atoms with E-state index in [4.69, 9.17) is 9.15 Å². The number of hydrogen-bond acceptors (Lipinski definition) is 6. The highest BCUT2D eigenvalue weighted by molar-refractivity contribution is 8.00. The maximum atomic E-state index is 12.5. The molecule has 0 spiro atoms. The molecule has 7 heteroatoms.